The molecule has 1 aliphatic carbocycles. The molecule has 0 aromatic carbocycles. The van der Waals surface area contributed by atoms with Crippen LogP contribution in [0.5, 0.6) is 0 Å². The van der Waals surface area contributed by atoms with Gasteiger partial charge in [0, 0.05) is 11.9 Å². The van der Waals surface area contributed by atoms with Crippen molar-refractivity contribution in [2.75, 3.05) is 11.6 Å². The SMILES string of the molecule is CCC(CC1CC1)NS(=O)(=O)CCCCl. The van der Waals surface area contributed by atoms with Crippen LogP contribution in [0.25, 0.3) is 0 Å². The van der Waals surface area contributed by atoms with Crippen LogP contribution in [-0.2, 0) is 10.0 Å². The smallest absolute Gasteiger partial charge is 0.211 e. The van der Waals surface area contributed by atoms with Gasteiger partial charge in [0.1, 0.15) is 0 Å². The van der Waals surface area contributed by atoms with Crippen LogP contribution in [0, 0.1) is 5.92 Å². The molecule has 0 aromatic rings. The zero-order valence-corrected chi connectivity index (χ0v) is 10.8. The minimum absolute atomic E-state index is 0.123. The Balaban J connectivity index is 2.34. The minimum atomic E-state index is -3.11. The van der Waals surface area contributed by atoms with Gasteiger partial charge in [0.15, 0.2) is 0 Å². The lowest BCUT2D eigenvalue weighted by Gasteiger charge is -2.16. The largest absolute Gasteiger partial charge is 0.212 e. The van der Waals surface area contributed by atoms with Gasteiger partial charge in [-0.1, -0.05) is 19.8 Å². The van der Waals surface area contributed by atoms with Gasteiger partial charge in [-0.25, -0.2) is 13.1 Å². The van der Waals surface area contributed by atoms with Crippen molar-refractivity contribution in [1.82, 2.24) is 4.72 Å². The van der Waals surface area contributed by atoms with Gasteiger partial charge in [-0.15, -0.1) is 11.6 Å². The molecule has 0 radical (unpaired) electrons. The Morgan fingerprint density at radius 1 is 1.47 bits per heavy atom. The van der Waals surface area contributed by atoms with E-state index in [9.17, 15) is 8.42 Å². The van der Waals surface area contributed by atoms with Gasteiger partial charge < -0.3 is 0 Å². The van der Waals surface area contributed by atoms with E-state index in [1.54, 1.807) is 0 Å². The van der Waals surface area contributed by atoms with Crippen LogP contribution < -0.4 is 4.72 Å². The van der Waals surface area contributed by atoms with E-state index in [1.165, 1.54) is 12.8 Å². The molecule has 0 spiro atoms. The molecule has 1 unspecified atom stereocenters. The minimum Gasteiger partial charge on any atom is -0.212 e. The van der Waals surface area contributed by atoms with Crippen LogP contribution in [0.2, 0.25) is 0 Å². The molecule has 0 saturated heterocycles. The predicted molar refractivity (Wildman–Crippen MR) is 63.7 cm³/mol. The first-order chi connectivity index (χ1) is 7.07. The van der Waals surface area contributed by atoms with E-state index in [-0.39, 0.29) is 11.8 Å². The summed E-state index contributed by atoms with van der Waals surface area (Å²) in [5.74, 6) is 1.31. The van der Waals surface area contributed by atoms with Crippen molar-refractivity contribution in [3.8, 4) is 0 Å². The van der Waals surface area contributed by atoms with Crippen LogP contribution in [-0.4, -0.2) is 26.1 Å². The van der Waals surface area contributed by atoms with E-state index < -0.39 is 10.0 Å². The van der Waals surface area contributed by atoms with Crippen molar-refractivity contribution in [2.24, 2.45) is 5.92 Å². The predicted octanol–water partition coefficient (Wildman–Crippen LogP) is 2.11. The molecule has 0 bridgehead atoms. The molecule has 0 amide bonds. The Morgan fingerprint density at radius 3 is 2.60 bits per heavy atom. The maximum Gasteiger partial charge on any atom is 0.211 e. The average Bonchev–Trinajstić information content (AvgIpc) is 2.97. The molecule has 5 heteroatoms. The zero-order chi connectivity index (χ0) is 11.3. The Morgan fingerprint density at radius 2 is 2.13 bits per heavy atom. The first kappa shape index (κ1) is 13.3. The first-order valence-corrected chi connectivity index (χ1v) is 7.82. The van der Waals surface area contributed by atoms with E-state index in [0.29, 0.717) is 12.3 Å². The monoisotopic (exact) mass is 253 g/mol. The normalized spacial score (nSPS) is 19.1. The van der Waals surface area contributed by atoms with Crippen molar-refractivity contribution >= 4 is 21.6 Å². The molecular weight excluding hydrogens is 234 g/mol. The number of nitrogens with one attached hydrogen (secondary N) is 1. The first-order valence-electron chi connectivity index (χ1n) is 5.63. The number of rotatable bonds is 8. The Kier molecular flexibility index (Phi) is 5.36. The van der Waals surface area contributed by atoms with Crippen molar-refractivity contribution in [2.45, 2.75) is 45.1 Å². The van der Waals surface area contributed by atoms with Gasteiger partial charge in [-0.3, -0.25) is 0 Å². The molecule has 0 aromatic heterocycles. The van der Waals surface area contributed by atoms with E-state index in [0.717, 1.165) is 18.8 Å². The molecule has 90 valence electrons. The maximum atomic E-state index is 11.6. The standard InChI is InChI=1S/C10H20ClNO2S/c1-2-10(8-9-4-5-9)12-15(13,14)7-3-6-11/h9-10,12H,2-8H2,1H3. The maximum absolute atomic E-state index is 11.6. The van der Waals surface area contributed by atoms with Crippen LogP contribution >= 0.6 is 11.6 Å². The van der Waals surface area contributed by atoms with Crippen molar-refractivity contribution in [1.29, 1.82) is 0 Å². The molecule has 15 heavy (non-hydrogen) atoms. The quantitative estimate of drug-likeness (QED) is 0.674. The van der Waals surface area contributed by atoms with E-state index in [1.807, 2.05) is 6.92 Å². The lowest BCUT2D eigenvalue weighted by molar-refractivity contribution is 0.495. The lowest BCUT2D eigenvalue weighted by Crippen LogP contribution is -2.36. The molecule has 1 fully saturated rings. The van der Waals surface area contributed by atoms with Crippen molar-refractivity contribution in [3.05, 3.63) is 0 Å². The molecule has 0 aliphatic heterocycles. The Bertz CT molecular complexity index is 275. The fourth-order valence-corrected chi connectivity index (χ4v) is 3.32. The summed E-state index contributed by atoms with van der Waals surface area (Å²) in [5.41, 5.74) is 0. The van der Waals surface area contributed by atoms with E-state index in [4.69, 9.17) is 11.6 Å². The molecular formula is C10H20ClNO2S. The second kappa shape index (κ2) is 6.06. The van der Waals surface area contributed by atoms with Crippen LogP contribution in [0.1, 0.15) is 39.0 Å². The van der Waals surface area contributed by atoms with Gasteiger partial charge in [-0.2, -0.15) is 0 Å². The molecule has 1 rings (SSSR count). The molecule has 1 saturated carbocycles. The number of sulfonamides is 1. The summed E-state index contributed by atoms with van der Waals surface area (Å²) in [7, 11) is -3.11. The molecule has 1 N–H and O–H groups in total. The third-order valence-corrected chi connectivity index (χ3v) is 4.49. The highest BCUT2D eigenvalue weighted by Crippen LogP contribution is 2.34. The Labute approximate surface area is 97.6 Å². The van der Waals surface area contributed by atoms with Gasteiger partial charge in [-0.05, 0) is 25.2 Å². The number of hydrogen-bond acceptors (Lipinski definition) is 2. The highest BCUT2D eigenvalue weighted by atomic mass is 35.5. The van der Waals surface area contributed by atoms with Crippen molar-refractivity contribution in [3.63, 3.8) is 0 Å². The molecule has 0 heterocycles. The number of halogens is 1. The van der Waals surface area contributed by atoms with E-state index in [2.05, 4.69) is 4.72 Å². The third-order valence-electron chi connectivity index (χ3n) is 2.70. The van der Waals surface area contributed by atoms with Crippen LogP contribution in [0.15, 0.2) is 0 Å². The molecule has 1 aliphatic rings. The summed E-state index contributed by atoms with van der Waals surface area (Å²) in [5, 5.41) is 0. The fraction of sp³-hybridized carbons (Fsp3) is 1.00. The number of hydrogen-bond donors (Lipinski definition) is 1. The topological polar surface area (TPSA) is 46.2 Å². The fourth-order valence-electron chi connectivity index (χ4n) is 1.61. The number of alkyl halides is 1. The van der Waals surface area contributed by atoms with Gasteiger partial charge >= 0.3 is 0 Å². The summed E-state index contributed by atoms with van der Waals surface area (Å²) in [6, 6.07) is 0.123. The third kappa shape index (κ3) is 5.73. The van der Waals surface area contributed by atoms with Crippen molar-refractivity contribution < 1.29 is 8.42 Å². The molecule has 1 atom stereocenters. The Hall–Kier alpha value is 0.200. The zero-order valence-electron chi connectivity index (χ0n) is 9.21. The lowest BCUT2D eigenvalue weighted by atomic mass is 10.1. The summed E-state index contributed by atoms with van der Waals surface area (Å²) in [4.78, 5) is 0. The second-order valence-electron chi connectivity index (χ2n) is 4.26. The molecule has 3 nitrogen and oxygen atoms in total. The van der Waals surface area contributed by atoms with Gasteiger partial charge in [0.2, 0.25) is 10.0 Å². The average molecular weight is 254 g/mol. The van der Waals surface area contributed by atoms with Crippen LogP contribution in [0.3, 0.4) is 0 Å². The second-order valence-corrected chi connectivity index (χ2v) is 6.51. The van der Waals surface area contributed by atoms with Gasteiger partial charge in [0.25, 0.3) is 0 Å². The summed E-state index contributed by atoms with van der Waals surface area (Å²) in [6.07, 6.45) is 4.92. The summed E-state index contributed by atoms with van der Waals surface area (Å²) >= 11 is 5.48. The van der Waals surface area contributed by atoms with Crippen LogP contribution in [0.4, 0.5) is 0 Å². The highest BCUT2D eigenvalue weighted by molar-refractivity contribution is 7.89. The van der Waals surface area contributed by atoms with Gasteiger partial charge in [0.05, 0.1) is 5.75 Å². The highest BCUT2D eigenvalue weighted by Gasteiger charge is 2.26. The summed E-state index contributed by atoms with van der Waals surface area (Å²) in [6.45, 7) is 2.02. The summed E-state index contributed by atoms with van der Waals surface area (Å²) < 4.78 is 25.9. The van der Waals surface area contributed by atoms with E-state index >= 15 is 0 Å².